The fourth-order valence-electron chi connectivity index (χ4n) is 1.94. The zero-order chi connectivity index (χ0) is 10.6. The van der Waals surface area contributed by atoms with Gasteiger partial charge in [-0.15, -0.1) is 0 Å². The predicted octanol–water partition coefficient (Wildman–Crippen LogP) is 0.410. The fourth-order valence-corrected chi connectivity index (χ4v) is 2.40. The van der Waals surface area contributed by atoms with E-state index < -0.39 is 10.0 Å². The SMILES string of the molecule is CN(CCNS(C)(=O)=O)C1CCCC1. The first-order chi connectivity index (χ1) is 6.49. The van der Waals surface area contributed by atoms with Crippen LogP contribution >= 0.6 is 0 Å². The smallest absolute Gasteiger partial charge is 0.208 e. The van der Waals surface area contributed by atoms with Gasteiger partial charge in [0.05, 0.1) is 6.26 Å². The van der Waals surface area contributed by atoms with Crippen LogP contribution in [0.4, 0.5) is 0 Å². The quantitative estimate of drug-likeness (QED) is 0.730. The van der Waals surface area contributed by atoms with Gasteiger partial charge in [-0.05, 0) is 19.9 Å². The number of rotatable bonds is 5. The largest absolute Gasteiger partial charge is 0.302 e. The molecule has 0 spiro atoms. The van der Waals surface area contributed by atoms with Crippen molar-refractivity contribution in [2.75, 3.05) is 26.4 Å². The molecule has 0 aliphatic heterocycles. The number of likely N-dealkylation sites (N-methyl/N-ethyl adjacent to an activating group) is 1. The van der Waals surface area contributed by atoms with E-state index in [1.807, 2.05) is 0 Å². The molecule has 1 rings (SSSR count). The van der Waals surface area contributed by atoms with E-state index in [2.05, 4.69) is 16.7 Å². The number of nitrogens with zero attached hydrogens (tertiary/aromatic N) is 1. The maximum absolute atomic E-state index is 10.8. The van der Waals surface area contributed by atoms with E-state index in [9.17, 15) is 8.42 Å². The van der Waals surface area contributed by atoms with Crippen LogP contribution in [0.15, 0.2) is 0 Å². The molecule has 4 nitrogen and oxygen atoms in total. The first-order valence-corrected chi connectivity index (χ1v) is 7.03. The second kappa shape index (κ2) is 5.09. The molecule has 0 aromatic carbocycles. The lowest BCUT2D eigenvalue weighted by Crippen LogP contribution is -2.37. The standard InChI is InChI=1S/C9H20N2O2S/c1-11(9-5-3-4-6-9)8-7-10-14(2,12)13/h9-10H,3-8H2,1-2H3. The van der Waals surface area contributed by atoms with Crippen molar-refractivity contribution in [3.05, 3.63) is 0 Å². The summed E-state index contributed by atoms with van der Waals surface area (Å²) in [6, 6.07) is 0.663. The van der Waals surface area contributed by atoms with Gasteiger partial charge in [0.2, 0.25) is 10.0 Å². The van der Waals surface area contributed by atoms with Crippen LogP contribution < -0.4 is 4.72 Å². The van der Waals surface area contributed by atoms with Gasteiger partial charge in [-0.1, -0.05) is 12.8 Å². The van der Waals surface area contributed by atoms with E-state index in [0.717, 1.165) is 6.54 Å². The molecule has 1 fully saturated rings. The molecular weight excluding hydrogens is 200 g/mol. The molecule has 14 heavy (non-hydrogen) atoms. The van der Waals surface area contributed by atoms with Gasteiger partial charge in [-0.2, -0.15) is 0 Å². The van der Waals surface area contributed by atoms with Crippen molar-refractivity contribution in [1.82, 2.24) is 9.62 Å². The Labute approximate surface area is 86.7 Å². The van der Waals surface area contributed by atoms with E-state index in [4.69, 9.17) is 0 Å². The minimum atomic E-state index is -3.02. The van der Waals surface area contributed by atoms with E-state index in [1.54, 1.807) is 0 Å². The lowest BCUT2D eigenvalue weighted by Gasteiger charge is -2.23. The third kappa shape index (κ3) is 4.39. The number of nitrogens with one attached hydrogen (secondary N) is 1. The Morgan fingerprint density at radius 3 is 2.43 bits per heavy atom. The lowest BCUT2D eigenvalue weighted by atomic mass is 10.2. The van der Waals surface area contributed by atoms with Crippen LogP contribution in [0, 0.1) is 0 Å². The van der Waals surface area contributed by atoms with Gasteiger partial charge in [0.1, 0.15) is 0 Å². The molecule has 0 amide bonds. The molecule has 0 radical (unpaired) electrons. The van der Waals surface area contributed by atoms with Crippen molar-refractivity contribution in [2.45, 2.75) is 31.7 Å². The second-order valence-electron chi connectivity index (χ2n) is 4.09. The predicted molar refractivity (Wildman–Crippen MR) is 57.7 cm³/mol. The first kappa shape index (κ1) is 11.9. The summed E-state index contributed by atoms with van der Waals surface area (Å²) in [7, 11) is -0.951. The highest BCUT2D eigenvalue weighted by atomic mass is 32.2. The maximum atomic E-state index is 10.8. The average molecular weight is 220 g/mol. The Morgan fingerprint density at radius 1 is 1.36 bits per heavy atom. The van der Waals surface area contributed by atoms with Crippen LogP contribution in [0.2, 0.25) is 0 Å². The summed E-state index contributed by atoms with van der Waals surface area (Å²) >= 11 is 0. The Balaban J connectivity index is 2.17. The van der Waals surface area contributed by atoms with Crippen molar-refractivity contribution in [3.8, 4) is 0 Å². The van der Waals surface area contributed by atoms with Crippen LogP contribution in [0.1, 0.15) is 25.7 Å². The maximum Gasteiger partial charge on any atom is 0.208 e. The van der Waals surface area contributed by atoms with Gasteiger partial charge in [0.25, 0.3) is 0 Å². The van der Waals surface area contributed by atoms with Gasteiger partial charge in [-0.25, -0.2) is 13.1 Å². The summed E-state index contributed by atoms with van der Waals surface area (Å²) in [5, 5.41) is 0. The van der Waals surface area contributed by atoms with E-state index >= 15 is 0 Å². The monoisotopic (exact) mass is 220 g/mol. The zero-order valence-corrected chi connectivity index (χ0v) is 9.81. The van der Waals surface area contributed by atoms with E-state index in [-0.39, 0.29) is 0 Å². The topological polar surface area (TPSA) is 49.4 Å². The summed E-state index contributed by atoms with van der Waals surface area (Å²) in [6.45, 7) is 1.32. The van der Waals surface area contributed by atoms with Crippen molar-refractivity contribution in [1.29, 1.82) is 0 Å². The minimum Gasteiger partial charge on any atom is -0.302 e. The van der Waals surface area contributed by atoms with Crippen molar-refractivity contribution < 1.29 is 8.42 Å². The van der Waals surface area contributed by atoms with Crippen molar-refractivity contribution in [2.24, 2.45) is 0 Å². The normalized spacial score (nSPS) is 19.4. The first-order valence-electron chi connectivity index (χ1n) is 5.14. The van der Waals surface area contributed by atoms with Gasteiger partial charge in [0, 0.05) is 19.1 Å². The van der Waals surface area contributed by atoms with Crippen molar-refractivity contribution in [3.63, 3.8) is 0 Å². The highest BCUT2D eigenvalue weighted by Gasteiger charge is 2.18. The number of hydrogen-bond donors (Lipinski definition) is 1. The molecule has 0 saturated heterocycles. The highest BCUT2D eigenvalue weighted by molar-refractivity contribution is 7.88. The molecule has 1 N–H and O–H groups in total. The Hall–Kier alpha value is -0.130. The van der Waals surface area contributed by atoms with E-state index in [0.29, 0.717) is 12.6 Å². The van der Waals surface area contributed by atoms with Crippen LogP contribution in [0.25, 0.3) is 0 Å². The summed E-state index contributed by atoms with van der Waals surface area (Å²) in [4.78, 5) is 2.26. The molecule has 1 saturated carbocycles. The molecule has 84 valence electrons. The molecule has 1 aliphatic rings. The molecule has 0 aromatic rings. The Kier molecular flexibility index (Phi) is 4.34. The van der Waals surface area contributed by atoms with Crippen LogP contribution in [-0.2, 0) is 10.0 Å². The fraction of sp³-hybridized carbons (Fsp3) is 1.00. The van der Waals surface area contributed by atoms with Gasteiger partial charge >= 0.3 is 0 Å². The summed E-state index contributed by atoms with van der Waals surface area (Å²) < 4.78 is 24.1. The van der Waals surface area contributed by atoms with Crippen molar-refractivity contribution >= 4 is 10.0 Å². The molecule has 0 heterocycles. The number of sulfonamides is 1. The molecule has 0 aromatic heterocycles. The minimum absolute atomic E-state index is 0.520. The molecule has 0 atom stereocenters. The van der Waals surface area contributed by atoms with Gasteiger partial charge in [0.15, 0.2) is 0 Å². The van der Waals surface area contributed by atoms with Crippen LogP contribution in [0.5, 0.6) is 0 Å². The summed E-state index contributed by atoms with van der Waals surface area (Å²) in [5.74, 6) is 0. The molecule has 0 bridgehead atoms. The molecule has 1 aliphatic carbocycles. The summed E-state index contributed by atoms with van der Waals surface area (Å²) in [5.41, 5.74) is 0. The average Bonchev–Trinajstić information content (AvgIpc) is 2.53. The highest BCUT2D eigenvalue weighted by Crippen LogP contribution is 2.21. The summed E-state index contributed by atoms with van der Waals surface area (Å²) in [6.07, 6.45) is 6.34. The van der Waals surface area contributed by atoms with Crippen LogP contribution in [-0.4, -0.2) is 45.8 Å². The number of hydrogen-bond acceptors (Lipinski definition) is 3. The second-order valence-corrected chi connectivity index (χ2v) is 5.92. The molecule has 0 unspecified atom stereocenters. The molecule has 5 heteroatoms. The lowest BCUT2D eigenvalue weighted by molar-refractivity contribution is 0.250. The van der Waals surface area contributed by atoms with E-state index in [1.165, 1.54) is 31.9 Å². The molecular formula is C9H20N2O2S. The van der Waals surface area contributed by atoms with Crippen LogP contribution in [0.3, 0.4) is 0 Å². The Bertz CT molecular complexity index is 258. The van der Waals surface area contributed by atoms with Gasteiger partial charge < -0.3 is 4.90 Å². The Morgan fingerprint density at radius 2 is 1.93 bits per heavy atom. The third-order valence-corrected chi connectivity index (χ3v) is 3.51. The third-order valence-electron chi connectivity index (χ3n) is 2.78. The zero-order valence-electron chi connectivity index (χ0n) is 8.99. The van der Waals surface area contributed by atoms with Gasteiger partial charge in [-0.3, -0.25) is 0 Å².